The lowest BCUT2D eigenvalue weighted by Crippen LogP contribution is -2.35. The number of aliphatic carboxylic acids is 1. The number of fused-ring (bicyclic) bond motifs is 1. The summed E-state index contributed by atoms with van der Waals surface area (Å²) in [5.74, 6) is -2.93. The topological polar surface area (TPSA) is 135 Å². The number of aryl methyl sites for hydroxylation is 1. The van der Waals surface area contributed by atoms with Crippen LogP contribution in [0.5, 0.6) is 5.75 Å². The molecule has 1 heterocycles. The SMILES string of the molecule is CC(=O)OCCNC(=O)c1c(O)c2ccccc2n(CCC(=O)O)c1=O. The van der Waals surface area contributed by atoms with Gasteiger partial charge in [-0.3, -0.25) is 19.2 Å². The number of rotatable bonds is 7. The summed E-state index contributed by atoms with van der Waals surface area (Å²) in [5, 5.41) is 21.9. The van der Waals surface area contributed by atoms with Gasteiger partial charge in [-0.15, -0.1) is 0 Å². The number of amides is 1. The van der Waals surface area contributed by atoms with Crippen molar-refractivity contribution in [3.63, 3.8) is 0 Å². The van der Waals surface area contributed by atoms with Crippen LogP contribution >= 0.6 is 0 Å². The number of nitrogens with zero attached hydrogens (tertiary/aromatic N) is 1. The third kappa shape index (κ3) is 4.18. The highest BCUT2D eigenvalue weighted by Crippen LogP contribution is 2.26. The van der Waals surface area contributed by atoms with Gasteiger partial charge in [-0.1, -0.05) is 12.1 Å². The fourth-order valence-electron chi connectivity index (χ4n) is 2.47. The summed E-state index contributed by atoms with van der Waals surface area (Å²) in [5.41, 5.74) is -0.961. The van der Waals surface area contributed by atoms with Crippen molar-refractivity contribution in [2.24, 2.45) is 0 Å². The lowest BCUT2D eigenvalue weighted by molar-refractivity contribution is -0.141. The Hall–Kier alpha value is -3.36. The Kier molecular flexibility index (Phi) is 5.94. The van der Waals surface area contributed by atoms with Crippen LogP contribution in [-0.4, -0.2) is 45.8 Å². The van der Waals surface area contributed by atoms with E-state index in [2.05, 4.69) is 10.1 Å². The Morgan fingerprint density at radius 3 is 2.58 bits per heavy atom. The monoisotopic (exact) mass is 362 g/mol. The van der Waals surface area contributed by atoms with Crippen LogP contribution in [0.3, 0.4) is 0 Å². The normalized spacial score (nSPS) is 10.5. The van der Waals surface area contributed by atoms with Gasteiger partial charge in [-0.25, -0.2) is 0 Å². The molecule has 138 valence electrons. The molecule has 3 N–H and O–H groups in total. The molecule has 2 aromatic rings. The van der Waals surface area contributed by atoms with Gasteiger partial charge < -0.3 is 24.8 Å². The minimum absolute atomic E-state index is 0.0424. The van der Waals surface area contributed by atoms with Crippen LogP contribution < -0.4 is 10.9 Å². The molecule has 0 bridgehead atoms. The van der Waals surface area contributed by atoms with Crippen LogP contribution in [0.15, 0.2) is 29.1 Å². The second-order valence-corrected chi connectivity index (χ2v) is 5.44. The molecular weight excluding hydrogens is 344 g/mol. The number of nitrogens with one attached hydrogen (secondary N) is 1. The van der Waals surface area contributed by atoms with Crippen molar-refractivity contribution in [2.45, 2.75) is 19.9 Å². The van der Waals surface area contributed by atoms with E-state index < -0.39 is 34.7 Å². The number of carbonyl (C=O) groups excluding carboxylic acids is 2. The first-order chi connectivity index (χ1) is 12.3. The van der Waals surface area contributed by atoms with E-state index in [9.17, 15) is 24.3 Å². The third-order valence-electron chi connectivity index (χ3n) is 3.62. The number of carbonyl (C=O) groups is 3. The van der Waals surface area contributed by atoms with Crippen molar-refractivity contribution in [2.75, 3.05) is 13.2 Å². The summed E-state index contributed by atoms with van der Waals surface area (Å²) in [4.78, 5) is 46.5. The lowest BCUT2D eigenvalue weighted by Gasteiger charge is -2.14. The van der Waals surface area contributed by atoms with Crippen molar-refractivity contribution in [3.8, 4) is 5.75 Å². The largest absolute Gasteiger partial charge is 0.506 e. The number of pyridine rings is 1. The lowest BCUT2D eigenvalue weighted by atomic mass is 10.1. The fraction of sp³-hybridized carbons (Fsp3) is 0.294. The molecule has 2 rings (SSSR count). The number of benzene rings is 1. The van der Waals surface area contributed by atoms with E-state index in [0.717, 1.165) is 4.57 Å². The van der Waals surface area contributed by atoms with Crippen molar-refractivity contribution in [1.82, 2.24) is 9.88 Å². The molecule has 0 saturated carbocycles. The zero-order valence-corrected chi connectivity index (χ0v) is 14.0. The molecule has 0 saturated heterocycles. The van der Waals surface area contributed by atoms with Gasteiger partial charge in [0, 0.05) is 18.9 Å². The Labute approximate surface area is 147 Å². The van der Waals surface area contributed by atoms with E-state index in [1.807, 2.05) is 0 Å². The van der Waals surface area contributed by atoms with Crippen molar-refractivity contribution >= 4 is 28.7 Å². The summed E-state index contributed by atoms with van der Waals surface area (Å²) < 4.78 is 5.83. The molecule has 26 heavy (non-hydrogen) atoms. The number of hydrogen-bond donors (Lipinski definition) is 3. The van der Waals surface area contributed by atoms with Crippen LogP contribution in [0, 0.1) is 0 Å². The standard InChI is InChI=1S/C17H18N2O7/c1-10(20)26-9-7-18-16(24)14-15(23)11-4-2-3-5-12(11)19(17(14)25)8-6-13(21)22/h2-5,23H,6-9H2,1H3,(H,18,24)(H,21,22). The maximum Gasteiger partial charge on any atom is 0.305 e. The highest BCUT2D eigenvalue weighted by molar-refractivity contribution is 6.02. The Balaban J connectivity index is 2.42. The Bertz CT molecular complexity index is 917. The number of ether oxygens (including phenoxy) is 1. The number of hydrogen-bond acceptors (Lipinski definition) is 6. The average Bonchev–Trinajstić information content (AvgIpc) is 2.58. The van der Waals surface area contributed by atoms with E-state index in [-0.39, 0.29) is 31.5 Å². The van der Waals surface area contributed by atoms with Gasteiger partial charge in [0.05, 0.1) is 18.5 Å². The summed E-state index contributed by atoms with van der Waals surface area (Å²) in [6.07, 6.45) is -0.317. The van der Waals surface area contributed by atoms with Crippen LogP contribution in [0.4, 0.5) is 0 Å². The molecule has 0 unspecified atom stereocenters. The maximum absolute atomic E-state index is 12.7. The Morgan fingerprint density at radius 1 is 1.23 bits per heavy atom. The second kappa shape index (κ2) is 8.15. The van der Waals surface area contributed by atoms with Gasteiger partial charge in [0.2, 0.25) is 0 Å². The molecule has 0 spiro atoms. The zero-order chi connectivity index (χ0) is 19.3. The average molecular weight is 362 g/mol. The molecule has 9 heteroatoms. The molecule has 1 amide bonds. The van der Waals surface area contributed by atoms with E-state index in [1.165, 1.54) is 13.0 Å². The highest BCUT2D eigenvalue weighted by Gasteiger charge is 2.22. The first-order valence-electron chi connectivity index (χ1n) is 7.80. The van der Waals surface area contributed by atoms with E-state index >= 15 is 0 Å². The minimum Gasteiger partial charge on any atom is -0.506 e. The number of aromatic hydroxyl groups is 1. The molecule has 0 aliphatic rings. The number of esters is 1. The number of aromatic nitrogens is 1. The summed E-state index contributed by atoms with van der Waals surface area (Å²) in [6.45, 7) is 0.947. The summed E-state index contributed by atoms with van der Waals surface area (Å²) >= 11 is 0. The summed E-state index contributed by atoms with van der Waals surface area (Å²) in [6, 6.07) is 6.34. The minimum atomic E-state index is -1.10. The number of carboxylic acid groups (broad SMARTS) is 1. The predicted molar refractivity (Wildman–Crippen MR) is 91.1 cm³/mol. The van der Waals surface area contributed by atoms with E-state index in [4.69, 9.17) is 5.11 Å². The van der Waals surface area contributed by atoms with Crippen LogP contribution in [0.2, 0.25) is 0 Å². The van der Waals surface area contributed by atoms with E-state index in [1.54, 1.807) is 18.2 Å². The molecule has 0 radical (unpaired) electrons. The van der Waals surface area contributed by atoms with Crippen LogP contribution in [0.1, 0.15) is 23.7 Å². The van der Waals surface area contributed by atoms with E-state index in [0.29, 0.717) is 5.52 Å². The smallest absolute Gasteiger partial charge is 0.305 e. The predicted octanol–water partition coefficient (Wildman–Crippen LogP) is 0.475. The van der Waals surface area contributed by atoms with Crippen molar-refractivity contribution in [1.29, 1.82) is 0 Å². The first-order valence-corrected chi connectivity index (χ1v) is 7.80. The first kappa shape index (κ1) is 19.0. The van der Waals surface area contributed by atoms with Gasteiger partial charge in [0.25, 0.3) is 11.5 Å². The highest BCUT2D eigenvalue weighted by atomic mass is 16.5. The molecule has 0 fully saturated rings. The van der Waals surface area contributed by atoms with Gasteiger partial charge in [0.1, 0.15) is 17.9 Å². The fourth-order valence-corrected chi connectivity index (χ4v) is 2.47. The third-order valence-corrected chi connectivity index (χ3v) is 3.62. The summed E-state index contributed by atoms with van der Waals surface area (Å²) in [7, 11) is 0. The van der Waals surface area contributed by atoms with Gasteiger partial charge in [0.15, 0.2) is 0 Å². The zero-order valence-electron chi connectivity index (χ0n) is 14.0. The van der Waals surface area contributed by atoms with Crippen LogP contribution in [-0.2, 0) is 20.9 Å². The molecule has 0 atom stereocenters. The van der Waals surface area contributed by atoms with Gasteiger partial charge in [-0.05, 0) is 12.1 Å². The number of para-hydroxylation sites is 1. The quantitative estimate of drug-likeness (QED) is 0.481. The Morgan fingerprint density at radius 2 is 1.92 bits per heavy atom. The molecule has 1 aromatic heterocycles. The number of carboxylic acids is 1. The molecule has 0 aliphatic heterocycles. The molecule has 0 aliphatic carbocycles. The molecular formula is C17H18N2O7. The second-order valence-electron chi connectivity index (χ2n) is 5.44. The van der Waals surface area contributed by atoms with Crippen molar-refractivity contribution in [3.05, 3.63) is 40.2 Å². The molecule has 1 aromatic carbocycles. The molecule has 9 nitrogen and oxygen atoms in total. The van der Waals surface area contributed by atoms with Gasteiger partial charge in [-0.2, -0.15) is 0 Å². The van der Waals surface area contributed by atoms with Crippen molar-refractivity contribution < 1.29 is 29.3 Å². The van der Waals surface area contributed by atoms with Crippen LogP contribution in [0.25, 0.3) is 10.9 Å². The van der Waals surface area contributed by atoms with Gasteiger partial charge >= 0.3 is 11.9 Å². The maximum atomic E-state index is 12.7.